The van der Waals surface area contributed by atoms with Gasteiger partial charge >= 0.3 is 0 Å². The predicted molar refractivity (Wildman–Crippen MR) is 85.5 cm³/mol. The van der Waals surface area contributed by atoms with Gasteiger partial charge in [-0.05, 0) is 51.4 Å². The molecule has 0 spiro atoms. The predicted octanol–water partition coefficient (Wildman–Crippen LogP) is 1.89. The van der Waals surface area contributed by atoms with Crippen LogP contribution in [0.3, 0.4) is 0 Å². The number of hydrogen-bond acceptors (Lipinski definition) is 4. The summed E-state index contributed by atoms with van der Waals surface area (Å²) >= 11 is 0. The van der Waals surface area contributed by atoms with Gasteiger partial charge in [-0.15, -0.1) is 0 Å². The summed E-state index contributed by atoms with van der Waals surface area (Å²) in [5.74, 6) is -0.0173. The lowest BCUT2D eigenvalue weighted by atomic mass is 9.70. The molecule has 1 saturated heterocycles. The maximum atomic E-state index is 12.2. The van der Waals surface area contributed by atoms with Gasteiger partial charge in [0.15, 0.2) is 0 Å². The van der Waals surface area contributed by atoms with Crippen molar-refractivity contribution in [2.75, 3.05) is 25.4 Å². The van der Waals surface area contributed by atoms with Crippen LogP contribution in [0.4, 0.5) is 0 Å². The van der Waals surface area contributed by atoms with E-state index in [-0.39, 0.29) is 11.5 Å². The van der Waals surface area contributed by atoms with E-state index in [0.29, 0.717) is 13.0 Å². The van der Waals surface area contributed by atoms with Crippen LogP contribution in [-0.2, 0) is 20.3 Å². The molecule has 0 radical (unpaired) electrons. The molecule has 1 fully saturated rings. The van der Waals surface area contributed by atoms with Gasteiger partial charge in [0.2, 0.25) is 0 Å². The molecular weight excluding hydrogens is 302 g/mol. The van der Waals surface area contributed by atoms with Crippen LogP contribution in [0.1, 0.15) is 31.7 Å². The number of piperidine rings is 1. The van der Waals surface area contributed by atoms with Gasteiger partial charge in [0.1, 0.15) is 5.78 Å². The highest BCUT2D eigenvalue weighted by Crippen LogP contribution is 2.36. The first kappa shape index (κ1) is 17.1. The highest BCUT2D eigenvalue weighted by atomic mass is 32.2. The van der Waals surface area contributed by atoms with Crippen molar-refractivity contribution in [3.8, 4) is 0 Å². The third-order valence-electron chi connectivity index (χ3n) is 4.59. The van der Waals surface area contributed by atoms with Crippen LogP contribution in [0, 0.1) is 0 Å². The van der Waals surface area contributed by atoms with Crippen molar-refractivity contribution in [1.29, 1.82) is 0 Å². The molecule has 0 unspecified atom stereocenters. The highest BCUT2D eigenvalue weighted by Gasteiger charge is 2.40. The van der Waals surface area contributed by atoms with Crippen molar-refractivity contribution in [2.24, 2.45) is 0 Å². The summed E-state index contributed by atoms with van der Waals surface area (Å²) in [6.45, 7) is 3.81. The van der Waals surface area contributed by atoms with Gasteiger partial charge in [-0.2, -0.15) is 8.42 Å². The van der Waals surface area contributed by atoms with Crippen molar-refractivity contribution in [2.45, 2.75) is 31.6 Å². The molecule has 1 aromatic rings. The number of rotatable bonds is 6. The van der Waals surface area contributed by atoms with Crippen LogP contribution in [0.2, 0.25) is 0 Å². The minimum Gasteiger partial charge on any atom is -0.303 e. The zero-order valence-electron chi connectivity index (χ0n) is 12.9. The largest absolute Gasteiger partial charge is 0.303 e. The van der Waals surface area contributed by atoms with E-state index in [1.54, 1.807) is 6.92 Å². The van der Waals surface area contributed by atoms with Gasteiger partial charge in [-0.1, -0.05) is 30.3 Å². The molecule has 0 aromatic heterocycles. The van der Waals surface area contributed by atoms with Crippen molar-refractivity contribution in [3.05, 3.63) is 35.9 Å². The average molecular weight is 325 g/mol. The second-order valence-electron chi connectivity index (χ2n) is 5.99. The molecule has 1 heterocycles. The van der Waals surface area contributed by atoms with E-state index in [0.717, 1.165) is 31.5 Å². The van der Waals surface area contributed by atoms with Crippen LogP contribution >= 0.6 is 0 Å². The molecule has 0 bridgehead atoms. The second kappa shape index (κ2) is 6.89. The van der Waals surface area contributed by atoms with E-state index in [1.165, 1.54) is 0 Å². The Kier molecular flexibility index (Phi) is 5.36. The minimum absolute atomic E-state index is 0.191. The first-order valence-electron chi connectivity index (χ1n) is 7.58. The van der Waals surface area contributed by atoms with Crippen LogP contribution < -0.4 is 0 Å². The fourth-order valence-corrected chi connectivity index (χ4v) is 3.72. The number of benzene rings is 1. The van der Waals surface area contributed by atoms with E-state index < -0.39 is 15.5 Å². The summed E-state index contributed by atoms with van der Waals surface area (Å²) in [6.07, 6.45) is 1.91. The molecule has 6 heteroatoms. The third kappa shape index (κ3) is 4.15. The molecule has 0 atom stereocenters. The van der Waals surface area contributed by atoms with Crippen LogP contribution in [0.15, 0.2) is 30.3 Å². The summed E-state index contributed by atoms with van der Waals surface area (Å²) in [5, 5.41) is 0. The standard InChI is InChI=1S/C16H23NO4S/c1-14(18)16(15-6-3-2-4-7-15)8-11-17(12-9-16)10-5-13-22(19,20)21/h2-4,6-7H,5,8-13H2,1H3,(H,19,20,21). The molecule has 1 aromatic carbocycles. The van der Waals surface area contributed by atoms with Gasteiger partial charge in [-0.3, -0.25) is 9.35 Å². The number of likely N-dealkylation sites (tertiary alicyclic amines) is 1. The summed E-state index contributed by atoms with van der Waals surface area (Å²) in [6, 6.07) is 9.88. The monoisotopic (exact) mass is 325 g/mol. The van der Waals surface area contributed by atoms with E-state index in [4.69, 9.17) is 4.55 Å². The molecular formula is C16H23NO4S. The van der Waals surface area contributed by atoms with Crippen LogP contribution in [-0.4, -0.2) is 49.0 Å². The average Bonchev–Trinajstić information content (AvgIpc) is 2.47. The zero-order chi connectivity index (χ0) is 16.2. The molecule has 122 valence electrons. The fraction of sp³-hybridized carbons (Fsp3) is 0.562. The topological polar surface area (TPSA) is 74.7 Å². The Labute approximate surface area is 132 Å². The Morgan fingerprint density at radius 1 is 1.23 bits per heavy atom. The van der Waals surface area contributed by atoms with Gasteiger partial charge in [-0.25, -0.2) is 0 Å². The van der Waals surface area contributed by atoms with Crippen molar-refractivity contribution < 1.29 is 17.8 Å². The molecule has 1 aliphatic heterocycles. The Morgan fingerprint density at radius 3 is 2.32 bits per heavy atom. The smallest absolute Gasteiger partial charge is 0.264 e. The van der Waals surface area contributed by atoms with Gasteiger partial charge in [0.25, 0.3) is 10.1 Å². The number of carbonyl (C=O) groups excluding carboxylic acids is 1. The molecule has 0 amide bonds. The molecule has 2 rings (SSSR count). The number of Topliss-reactive ketones (excluding diaryl/α,β-unsaturated/α-hetero) is 1. The summed E-state index contributed by atoms with van der Waals surface area (Å²) in [7, 11) is -3.88. The highest BCUT2D eigenvalue weighted by molar-refractivity contribution is 7.85. The SMILES string of the molecule is CC(=O)C1(c2ccccc2)CCN(CCCS(=O)(=O)O)CC1. The number of ketones is 1. The number of nitrogens with zero attached hydrogens (tertiary/aromatic N) is 1. The molecule has 1 N–H and O–H groups in total. The number of carbonyl (C=O) groups is 1. The molecule has 1 aliphatic rings. The van der Waals surface area contributed by atoms with E-state index in [1.807, 2.05) is 30.3 Å². The lowest BCUT2D eigenvalue weighted by Crippen LogP contribution is -2.46. The first-order valence-corrected chi connectivity index (χ1v) is 9.18. The van der Waals surface area contributed by atoms with Gasteiger partial charge in [0, 0.05) is 0 Å². The third-order valence-corrected chi connectivity index (χ3v) is 5.39. The summed E-state index contributed by atoms with van der Waals surface area (Å²) < 4.78 is 30.2. The quantitative estimate of drug-likeness (QED) is 0.809. The van der Waals surface area contributed by atoms with Crippen LogP contribution in [0.25, 0.3) is 0 Å². The normalized spacial score (nSPS) is 19.0. The summed E-state index contributed by atoms with van der Waals surface area (Å²) in [5.41, 5.74) is 0.654. The lowest BCUT2D eigenvalue weighted by Gasteiger charge is -2.40. The minimum atomic E-state index is -3.88. The zero-order valence-corrected chi connectivity index (χ0v) is 13.7. The Balaban J connectivity index is 1.98. The first-order chi connectivity index (χ1) is 10.3. The van der Waals surface area contributed by atoms with Gasteiger partial charge in [0.05, 0.1) is 11.2 Å². The number of hydrogen-bond donors (Lipinski definition) is 1. The van der Waals surface area contributed by atoms with E-state index in [9.17, 15) is 13.2 Å². The van der Waals surface area contributed by atoms with Crippen molar-refractivity contribution in [3.63, 3.8) is 0 Å². The van der Waals surface area contributed by atoms with Crippen molar-refractivity contribution in [1.82, 2.24) is 4.90 Å². The van der Waals surface area contributed by atoms with E-state index in [2.05, 4.69) is 4.90 Å². The molecule has 0 aliphatic carbocycles. The van der Waals surface area contributed by atoms with E-state index >= 15 is 0 Å². The fourth-order valence-electron chi connectivity index (χ4n) is 3.23. The summed E-state index contributed by atoms with van der Waals surface area (Å²) in [4.78, 5) is 14.4. The molecule has 5 nitrogen and oxygen atoms in total. The van der Waals surface area contributed by atoms with Gasteiger partial charge < -0.3 is 4.90 Å². The van der Waals surface area contributed by atoms with Crippen molar-refractivity contribution >= 4 is 15.9 Å². The Morgan fingerprint density at radius 2 is 1.82 bits per heavy atom. The van der Waals surface area contributed by atoms with Crippen LogP contribution in [0.5, 0.6) is 0 Å². The molecule has 0 saturated carbocycles. The maximum absolute atomic E-state index is 12.2. The Bertz CT molecular complexity index is 604. The maximum Gasteiger partial charge on any atom is 0.264 e. The second-order valence-corrected chi connectivity index (χ2v) is 7.56. The lowest BCUT2D eigenvalue weighted by molar-refractivity contribution is -0.124. The Hall–Kier alpha value is -1.24. The molecule has 22 heavy (non-hydrogen) atoms.